The third-order valence-electron chi connectivity index (χ3n) is 4.26. The van der Waals surface area contributed by atoms with Gasteiger partial charge in [-0.2, -0.15) is 5.10 Å². The molecule has 1 aromatic heterocycles. The van der Waals surface area contributed by atoms with E-state index in [1.807, 2.05) is 0 Å². The maximum atomic E-state index is 4.74. The summed E-state index contributed by atoms with van der Waals surface area (Å²) in [7, 11) is 0. The van der Waals surface area contributed by atoms with Gasteiger partial charge in [-0.05, 0) is 49.6 Å². The molecule has 0 spiro atoms. The summed E-state index contributed by atoms with van der Waals surface area (Å²) in [5, 5.41) is 8.22. The van der Waals surface area contributed by atoms with Gasteiger partial charge in [0.25, 0.3) is 0 Å². The van der Waals surface area contributed by atoms with E-state index >= 15 is 0 Å². The lowest BCUT2D eigenvalue weighted by atomic mass is 9.96. The number of nitrogens with one attached hydrogen (secondary N) is 1. The molecular weight excluding hydrogens is 326 g/mol. The van der Waals surface area contributed by atoms with Crippen LogP contribution in [-0.4, -0.2) is 9.78 Å². The Hall–Kier alpha value is -1.29. The predicted molar refractivity (Wildman–Crippen MR) is 90.6 cm³/mol. The first-order valence-corrected chi connectivity index (χ1v) is 8.56. The number of hydrogen-bond donors (Lipinski definition) is 1. The number of rotatable bonds is 4. The topological polar surface area (TPSA) is 29.9 Å². The van der Waals surface area contributed by atoms with Crippen LogP contribution in [0.25, 0.3) is 0 Å². The van der Waals surface area contributed by atoms with E-state index in [-0.39, 0.29) is 0 Å². The summed E-state index contributed by atoms with van der Waals surface area (Å²) in [6.07, 6.45) is 8.77. The summed E-state index contributed by atoms with van der Waals surface area (Å²) in [6, 6.07) is 9.05. The fourth-order valence-electron chi connectivity index (χ4n) is 3.03. The van der Waals surface area contributed by atoms with Crippen molar-refractivity contribution >= 4 is 21.6 Å². The van der Waals surface area contributed by atoms with Crippen LogP contribution in [0.5, 0.6) is 0 Å². The van der Waals surface area contributed by atoms with Gasteiger partial charge in [-0.25, -0.2) is 0 Å². The number of nitrogens with zero attached hydrogens (tertiary/aromatic N) is 2. The van der Waals surface area contributed by atoms with Gasteiger partial charge in [0.2, 0.25) is 0 Å². The Balaban J connectivity index is 1.61. The van der Waals surface area contributed by atoms with Crippen molar-refractivity contribution in [1.29, 1.82) is 0 Å². The number of halogens is 1. The van der Waals surface area contributed by atoms with Gasteiger partial charge < -0.3 is 5.32 Å². The van der Waals surface area contributed by atoms with Crippen molar-refractivity contribution in [2.45, 2.75) is 51.6 Å². The van der Waals surface area contributed by atoms with Gasteiger partial charge in [-0.15, -0.1) is 0 Å². The van der Waals surface area contributed by atoms with E-state index in [0.717, 1.165) is 16.7 Å². The number of hydrogen-bond acceptors (Lipinski definition) is 2. The normalized spacial score (nSPS) is 16.1. The minimum Gasteiger partial charge on any atom is -0.379 e. The second kappa shape index (κ2) is 6.65. The molecule has 0 bridgehead atoms. The third-order valence-corrected chi connectivity index (χ3v) is 4.75. The first-order chi connectivity index (χ1) is 10.2. The van der Waals surface area contributed by atoms with Gasteiger partial charge in [0.15, 0.2) is 0 Å². The van der Waals surface area contributed by atoms with Crippen LogP contribution in [0.1, 0.15) is 49.4 Å². The maximum Gasteiger partial charge on any atom is 0.0815 e. The van der Waals surface area contributed by atoms with Gasteiger partial charge >= 0.3 is 0 Å². The molecule has 1 aliphatic carbocycles. The molecular formula is C17H22BrN3. The van der Waals surface area contributed by atoms with Crippen molar-refractivity contribution in [3.8, 4) is 0 Å². The van der Waals surface area contributed by atoms with Crippen LogP contribution < -0.4 is 5.32 Å². The summed E-state index contributed by atoms with van der Waals surface area (Å²) in [6.45, 7) is 2.90. The van der Waals surface area contributed by atoms with E-state index < -0.39 is 0 Å². The summed E-state index contributed by atoms with van der Waals surface area (Å²) in [5.74, 6) is 0. The highest BCUT2D eigenvalue weighted by atomic mass is 79.9. The molecule has 1 fully saturated rings. The zero-order valence-corrected chi connectivity index (χ0v) is 14.1. The monoisotopic (exact) mass is 347 g/mol. The van der Waals surface area contributed by atoms with Crippen LogP contribution in [0, 0.1) is 6.92 Å². The van der Waals surface area contributed by atoms with Crippen LogP contribution in [0.4, 0.5) is 5.69 Å². The summed E-state index contributed by atoms with van der Waals surface area (Å²) in [5.41, 5.74) is 3.53. The molecule has 1 saturated carbocycles. The van der Waals surface area contributed by atoms with Crippen molar-refractivity contribution in [1.82, 2.24) is 9.78 Å². The molecule has 1 N–H and O–H groups in total. The highest BCUT2D eigenvalue weighted by molar-refractivity contribution is 9.10. The average Bonchev–Trinajstić information content (AvgIpc) is 2.96. The second-order valence-corrected chi connectivity index (χ2v) is 6.81. The van der Waals surface area contributed by atoms with Crippen LogP contribution in [0.2, 0.25) is 0 Å². The second-order valence-electron chi connectivity index (χ2n) is 5.89. The summed E-state index contributed by atoms with van der Waals surface area (Å²) in [4.78, 5) is 0. The minimum absolute atomic E-state index is 0.613. The molecule has 1 aromatic carbocycles. The maximum absolute atomic E-state index is 4.74. The number of anilines is 1. The number of aryl methyl sites for hydroxylation is 1. The molecule has 3 rings (SSSR count). The standard InChI is InChI=1S/C17H22BrN3/c1-13-11-14(18)7-8-17(13)19-12-15-9-10-21(20-15)16-5-3-2-4-6-16/h7-11,16,19H,2-6,12H2,1H3. The van der Waals surface area contributed by atoms with Gasteiger partial charge in [-0.3, -0.25) is 4.68 Å². The van der Waals surface area contributed by atoms with E-state index in [1.54, 1.807) is 0 Å². The van der Waals surface area contributed by atoms with E-state index in [2.05, 4.69) is 63.3 Å². The highest BCUT2D eigenvalue weighted by Crippen LogP contribution is 2.27. The molecule has 0 saturated heterocycles. The lowest BCUT2D eigenvalue weighted by Crippen LogP contribution is -2.13. The van der Waals surface area contributed by atoms with Crippen molar-refractivity contribution in [2.24, 2.45) is 0 Å². The van der Waals surface area contributed by atoms with Crippen molar-refractivity contribution in [3.05, 3.63) is 46.2 Å². The SMILES string of the molecule is Cc1cc(Br)ccc1NCc1ccn(C2CCCCC2)n1. The Labute approximate surface area is 134 Å². The van der Waals surface area contributed by atoms with E-state index in [9.17, 15) is 0 Å². The Kier molecular flexibility index (Phi) is 4.63. The largest absolute Gasteiger partial charge is 0.379 e. The van der Waals surface area contributed by atoms with Crippen LogP contribution in [0.3, 0.4) is 0 Å². The number of aromatic nitrogens is 2. The molecule has 1 heterocycles. The molecule has 0 radical (unpaired) electrons. The van der Waals surface area contributed by atoms with Gasteiger partial charge in [-0.1, -0.05) is 35.2 Å². The Morgan fingerprint density at radius 3 is 2.81 bits per heavy atom. The fraction of sp³-hybridized carbons (Fsp3) is 0.471. The Morgan fingerprint density at radius 1 is 1.24 bits per heavy atom. The smallest absolute Gasteiger partial charge is 0.0815 e. The highest BCUT2D eigenvalue weighted by Gasteiger charge is 2.15. The molecule has 4 heteroatoms. The Morgan fingerprint density at radius 2 is 2.05 bits per heavy atom. The molecule has 0 aliphatic heterocycles. The first kappa shape index (κ1) is 14.6. The quantitative estimate of drug-likeness (QED) is 0.836. The third kappa shape index (κ3) is 3.67. The number of benzene rings is 1. The zero-order valence-electron chi connectivity index (χ0n) is 12.5. The van der Waals surface area contributed by atoms with Gasteiger partial charge in [0.05, 0.1) is 18.3 Å². The van der Waals surface area contributed by atoms with Crippen molar-refractivity contribution in [3.63, 3.8) is 0 Å². The summed E-state index contributed by atoms with van der Waals surface area (Å²) >= 11 is 3.50. The lowest BCUT2D eigenvalue weighted by molar-refractivity contribution is 0.328. The minimum atomic E-state index is 0.613. The van der Waals surface area contributed by atoms with Crippen LogP contribution in [-0.2, 0) is 6.54 Å². The fourth-order valence-corrected chi connectivity index (χ4v) is 3.51. The van der Waals surface area contributed by atoms with Crippen molar-refractivity contribution < 1.29 is 0 Å². The van der Waals surface area contributed by atoms with E-state index in [4.69, 9.17) is 5.10 Å². The van der Waals surface area contributed by atoms with E-state index in [0.29, 0.717) is 6.04 Å². The molecule has 0 atom stereocenters. The molecule has 21 heavy (non-hydrogen) atoms. The molecule has 2 aromatic rings. The average molecular weight is 348 g/mol. The molecule has 0 amide bonds. The van der Waals surface area contributed by atoms with Gasteiger partial charge in [0, 0.05) is 16.4 Å². The lowest BCUT2D eigenvalue weighted by Gasteiger charge is -2.21. The van der Waals surface area contributed by atoms with E-state index in [1.165, 1.54) is 43.4 Å². The van der Waals surface area contributed by atoms with Crippen LogP contribution in [0.15, 0.2) is 34.9 Å². The molecule has 3 nitrogen and oxygen atoms in total. The summed E-state index contributed by atoms with van der Waals surface area (Å²) < 4.78 is 3.29. The van der Waals surface area contributed by atoms with Crippen molar-refractivity contribution in [2.75, 3.05) is 5.32 Å². The first-order valence-electron chi connectivity index (χ1n) is 7.76. The molecule has 112 valence electrons. The van der Waals surface area contributed by atoms with Gasteiger partial charge in [0.1, 0.15) is 0 Å². The molecule has 1 aliphatic rings. The van der Waals surface area contributed by atoms with Crippen LogP contribution >= 0.6 is 15.9 Å². The molecule has 0 unspecified atom stereocenters. The predicted octanol–water partition coefficient (Wildman–Crippen LogP) is 5.07. The Bertz CT molecular complexity index is 600. The zero-order chi connectivity index (χ0) is 14.7.